The van der Waals surface area contributed by atoms with E-state index in [-0.39, 0.29) is 5.69 Å². The summed E-state index contributed by atoms with van der Waals surface area (Å²) in [5, 5.41) is 4.56. The van der Waals surface area contributed by atoms with Crippen LogP contribution in [0, 0.1) is 6.92 Å². The van der Waals surface area contributed by atoms with Crippen molar-refractivity contribution in [3.63, 3.8) is 0 Å². The summed E-state index contributed by atoms with van der Waals surface area (Å²) in [4.78, 5) is 16.1. The molecule has 2 aliphatic rings. The van der Waals surface area contributed by atoms with E-state index in [2.05, 4.69) is 25.2 Å². The number of nitrogen functional groups attached to an aromatic ring is 1. The third-order valence-electron chi connectivity index (χ3n) is 7.65. The summed E-state index contributed by atoms with van der Waals surface area (Å²) in [6, 6.07) is 5.21. The molecule has 0 bridgehead atoms. The van der Waals surface area contributed by atoms with Crippen molar-refractivity contribution in [2.24, 2.45) is 0 Å². The van der Waals surface area contributed by atoms with Crippen molar-refractivity contribution in [1.82, 2.24) is 24.3 Å². The minimum Gasteiger partial charge on any atom is -0.399 e. The number of nitrogens with two attached hydrogens (primary N) is 1. The summed E-state index contributed by atoms with van der Waals surface area (Å²) in [6.45, 7) is 6.37. The quantitative estimate of drug-likeness (QED) is 0.278. The zero-order chi connectivity index (χ0) is 27.5. The van der Waals surface area contributed by atoms with E-state index in [9.17, 15) is 17.7 Å². The Morgan fingerprint density at radius 1 is 1.13 bits per heavy atom. The fraction of sp³-hybridized carbons (Fsp3) is 0.423. The van der Waals surface area contributed by atoms with Crippen LogP contribution in [-0.2, 0) is 15.5 Å². The molecule has 2 aliphatic heterocycles. The van der Waals surface area contributed by atoms with Crippen molar-refractivity contribution in [3.8, 4) is 0 Å². The van der Waals surface area contributed by atoms with Crippen LogP contribution in [0.4, 0.5) is 24.7 Å². The first-order valence-electron chi connectivity index (χ1n) is 12.8. The van der Waals surface area contributed by atoms with Crippen LogP contribution in [-0.4, -0.2) is 68.9 Å². The monoisotopic (exact) mass is 559 g/mol. The fourth-order valence-corrected chi connectivity index (χ4v) is 8.14. The first kappa shape index (κ1) is 26.0. The third kappa shape index (κ3) is 4.74. The topological polar surface area (TPSA) is 111 Å². The highest BCUT2D eigenvalue weighted by atomic mass is 31.2. The Kier molecular flexibility index (Phi) is 6.32. The SMILES string of the molecule is Cc1nc(N[C@H](C)c2cc(N)cc(C(F)(F)F)c2)c2cc(P3(=O)CCN(C4COC4)CC3)c3nccn3c2n1. The predicted molar refractivity (Wildman–Crippen MR) is 144 cm³/mol. The van der Waals surface area contributed by atoms with E-state index in [1.54, 1.807) is 26.2 Å². The first-order chi connectivity index (χ1) is 18.5. The maximum atomic E-state index is 14.4. The van der Waals surface area contributed by atoms with Crippen LogP contribution in [0.1, 0.15) is 29.9 Å². The summed E-state index contributed by atoms with van der Waals surface area (Å²) in [5.74, 6) is 0.917. The molecule has 0 unspecified atom stereocenters. The van der Waals surface area contributed by atoms with Gasteiger partial charge in [-0.15, -0.1) is 0 Å². The van der Waals surface area contributed by atoms with Crippen molar-refractivity contribution in [2.75, 3.05) is 49.7 Å². The molecule has 0 amide bonds. The van der Waals surface area contributed by atoms with Gasteiger partial charge in [0.2, 0.25) is 0 Å². The molecule has 3 N–H and O–H groups in total. The Balaban J connectivity index is 1.40. The first-order valence-corrected chi connectivity index (χ1v) is 14.9. The summed E-state index contributed by atoms with van der Waals surface area (Å²) in [5.41, 5.74) is 6.57. The Hall–Kier alpha value is -3.21. The van der Waals surface area contributed by atoms with Crippen molar-refractivity contribution < 1.29 is 22.5 Å². The maximum Gasteiger partial charge on any atom is 0.416 e. The molecule has 4 aromatic rings. The number of aromatic nitrogens is 4. The van der Waals surface area contributed by atoms with E-state index in [4.69, 9.17) is 10.5 Å². The van der Waals surface area contributed by atoms with Gasteiger partial charge in [0, 0.05) is 43.5 Å². The number of fused-ring (bicyclic) bond motifs is 3. The van der Waals surface area contributed by atoms with Gasteiger partial charge in [-0.2, -0.15) is 13.2 Å². The predicted octanol–water partition coefficient (Wildman–Crippen LogP) is 4.06. The van der Waals surface area contributed by atoms with Gasteiger partial charge in [0.25, 0.3) is 0 Å². The summed E-state index contributed by atoms with van der Waals surface area (Å²) in [7, 11) is -2.79. The molecule has 0 spiro atoms. The average molecular weight is 560 g/mol. The molecule has 13 heteroatoms. The number of imidazole rings is 1. The van der Waals surface area contributed by atoms with Gasteiger partial charge in [0.1, 0.15) is 24.4 Å². The summed E-state index contributed by atoms with van der Waals surface area (Å²) < 4.78 is 61.8. The van der Waals surface area contributed by atoms with Gasteiger partial charge >= 0.3 is 6.18 Å². The van der Waals surface area contributed by atoms with E-state index >= 15 is 0 Å². The van der Waals surface area contributed by atoms with E-state index < -0.39 is 24.9 Å². The van der Waals surface area contributed by atoms with Crippen LogP contribution >= 0.6 is 7.14 Å². The zero-order valence-electron chi connectivity index (χ0n) is 21.6. The Labute approximate surface area is 222 Å². The number of nitrogens with zero attached hydrogens (tertiary/aromatic N) is 5. The molecular formula is C26H29F3N7O2P. The molecule has 0 aliphatic carbocycles. The number of hydrogen-bond acceptors (Lipinski definition) is 8. The second-order valence-electron chi connectivity index (χ2n) is 10.3. The number of aryl methyl sites for hydroxylation is 1. The van der Waals surface area contributed by atoms with E-state index in [1.165, 1.54) is 6.07 Å². The lowest BCUT2D eigenvalue weighted by Crippen LogP contribution is -2.53. The standard InChI is InChI=1S/C26H29F3N7O2P/c1-15(17-9-18(26(27,28)29)11-19(30)10-17)32-23-21-12-22(25-31-3-4-36(25)24(21)34-16(2)33-23)39(37)7-5-35(6-8-39)20-13-38-14-20/h3-4,9-12,15,20H,5-8,13-14,30H2,1-2H3,(H,32,33,34)/t15-/m1/s1. The van der Waals surface area contributed by atoms with Crippen LogP contribution in [0.3, 0.4) is 0 Å². The average Bonchev–Trinajstić information content (AvgIpc) is 3.33. The number of alkyl halides is 3. The minimum atomic E-state index is -4.52. The van der Waals surface area contributed by atoms with Crippen molar-refractivity contribution in [3.05, 3.63) is 53.6 Å². The molecule has 6 rings (SSSR count). The number of pyridine rings is 1. The van der Waals surface area contributed by atoms with Crippen LogP contribution in [0.15, 0.2) is 36.7 Å². The number of nitrogens with one attached hydrogen (secondary N) is 1. The lowest BCUT2D eigenvalue weighted by molar-refractivity contribution is -0.137. The zero-order valence-corrected chi connectivity index (χ0v) is 22.5. The Morgan fingerprint density at radius 3 is 2.54 bits per heavy atom. The Bertz CT molecular complexity index is 1610. The molecule has 39 heavy (non-hydrogen) atoms. The van der Waals surface area contributed by atoms with Gasteiger partial charge in [0.05, 0.1) is 41.6 Å². The minimum absolute atomic E-state index is 0.0255. The van der Waals surface area contributed by atoms with Crippen molar-refractivity contribution >= 4 is 40.6 Å². The number of anilines is 2. The van der Waals surface area contributed by atoms with Gasteiger partial charge < -0.3 is 20.4 Å². The molecule has 2 fully saturated rings. The number of benzene rings is 1. The molecule has 1 atom stereocenters. The van der Waals surface area contributed by atoms with Crippen molar-refractivity contribution in [1.29, 1.82) is 0 Å². The van der Waals surface area contributed by atoms with E-state index in [1.807, 2.05) is 10.5 Å². The van der Waals surface area contributed by atoms with Gasteiger partial charge in [-0.1, -0.05) is 0 Å². The van der Waals surface area contributed by atoms with Crippen molar-refractivity contribution in [2.45, 2.75) is 32.1 Å². The summed E-state index contributed by atoms with van der Waals surface area (Å²) >= 11 is 0. The van der Waals surface area contributed by atoms with Gasteiger partial charge in [-0.3, -0.25) is 9.30 Å². The van der Waals surface area contributed by atoms with Crippen LogP contribution < -0.4 is 16.4 Å². The van der Waals surface area contributed by atoms with E-state index in [0.29, 0.717) is 70.8 Å². The fourth-order valence-electron chi connectivity index (χ4n) is 5.38. The van der Waals surface area contributed by atoms with Gasteiger partial charge in [0.15, 0.2) is 5.65 Å². The highest BCUT2D eigenvalue weighted by Crippen LogP contribution is 2.48. The maximum absolute atomic E-state index is 14.4. The van der Waals surface area contributed by atoms with Crippen LogP contribution in [0.2, 0.25) is 0 Å². The largest absolute Gasteiger partial charge is 0.416 e. The molecule has 0 saturated carbocycles. The second kappa shape index (κ2) is 9.46. The molecule has 3 aromatic heterocycles. The second-order valence-corrected chi connectivity index (χ2v) is 13.5. The number of hydrogen-bond donors (Lipinski definition) is 2. The number of ether oxygens (including phenoxy) is 1. The van der Waals surface area contributed by atoms with E-state index in [0.717, 1.165) is 25.2 Å². The smallest absolute Gasteiger partial charge is 0.399 e. The normalized spacial score (nSPS) is 19.3. The molecule has 2 saturated heterocycles. The molecule has 5 heterocycles. The van der Waals surface area contributed by atoms with Gasteiger partial charge in [-0.05, 0) is 43.7 Å². The lowest BCUT2D eigenvalue weighted by atomic mass is 10.0. The molecule has 206 valence electrons. The Morgan fingerprint density at radius 2 is 1.87 bits per heavy atom. The lowest BCUT2D eigenvalue weighted by Gasteiger charge is -2.41. The molecular weight excluding hydrogens is 530 g/mol. The highest BCUT2D eigenvalue weighted by molar-refractivity contribution is 7.72. The molecule has 1 aromatic carbocycles. The molecule has 0 radical (unpaired) electrons. The number of rotatable bonds is 5. The van der Waals surface area contributed by atoms with Crippen LogP contribution in [0.25, 0.3) is 16.7 Å². The van der Waals surface area contributed by atoms with Crippen LogP contribution in [0.5, 0.6) is 0 Å². The number of halogens is 3. The molecule has 9 nitrogen and oxygen atoms in total. The highest BCUT2D eigenvalue weighted by Gasteiger charge is 2.37. The summed E-state index contributed by atoms with van der Waals surface area (Å²) in [6.07, 6.45) is -0.00932. The third-order valence-corrected chi connectivity index (χ3v) is 10.7. The van der Waals surface area contributed by atoms with Gasteiger partial charge in [-0.25, -0.2) is 15.0 Å².